The van der Waals surface area contributed by atoms with E-state index >= 15 is 0 Å². The number of para-hydroxylation sites is 2. The second-order valence-electron chi connectivity index (χ2n) is 7.87. The molecule has 1 atom stereocenters. The van der Waals surface area contributed by atoms with Crippen LogP contribution in [-0.2, 0) is 4.79 Å². The van der Waals surface area contributed by atoms with Crippen LogP contribution in [-0.4, -0.2) is 52.1 Å². The number of aliphatic carboxylic acids is 1. The lowest BCUT2D eigenvalue weighted by Gasteiger charge is -2.38. The minimum absolute atomic E-state index is 0.658. The molecule has 152 valence electrons. The van der Waals surface area contributed by atoms with E-state index in [1.54, 1.807) is 0 Å². The topological polar surface area (TPSA) is 72.5 Å². The average Bonchev–Trinajstić information content (AvgIpc) is 3.18. The van der Waals surface area contributed by atoms with Crippen molar-refractivity contribution in [1.29, 1.82) is 0 Å². The van der Waals surface area contributed by atoms with Crippen molar-refractivity contribution < 1.29 is 9.90 Å². The minimum atomic E-state index is -0.812. The van der Waals surface area contributed by atoms with Crippen molar-refractivity contribution in [2.24, 2.45) is 0 Å². The van der Waals surface area contributed by atoms with Gasteiger partial charge in [-0.2, -0.15) is 0 Å². The number of aromatic nitrogens is 2. The van der Waals surface area contributed by atoms with E-state index < -0.39 is 12.0 Å². The lowest BCUT2D eigenvalue weighted by molar-refractivity contribution is -0.143. The minimum Gasteiger partial charge on any atom is -0.480 e. The molecule has 1 saturated heterocycles. The van der Waals surface area contributed by atoms with Gasteiger partial charge < -0.3 is 15.0 Å². The van der Waals surface area contributed by atoms with Crippen LogP contribution in [0.25, 0.3) is 21.8 Å². The zero-order valence-electron chi connectivity index (χ0n) is 16.9. The largest absolute Gasteiger partial charge is 0.480 e. The summed E-state index contributed by atoms with van der Waals surface area (Å²) in [6, 6.07) is 17.5. The summed E-state index contributed by atoms with van der Waals surface area (Å²) in [6.45, 7) is 4.95. The van der Waals surface area contributed by atoms with Crippen molar-refractivity contribution in [2.75, 3.05) is 31.1 Å². The molecule has 0 radical (unpaired) electrons. The van der Waals surface area contributed by atoms with Crippen LogP contribution in [0.3, 0.4) is 0 Å². The molecule has 6 nitrogen and oxygen atoms in total. The van der Waals surface area contributed by atoms with E-state index in [1.165, 1.54) is 10.9 Å². The van der Waals surface area contributed by atoms with Gasteiger partial charge >= 0.3 is 5.97 Å². The maximum atomic E-state index is 12.2. The quantitative estimate of drug-likeness (QED) is 0.542. The van der Waals surface area contributed by atoms with Crippen LogP contribution >= 0.6 is 0 Å². The van der Waals surface area contributed by atoms with Gasteiger partial charge in [-0.15, -0.1) is 0 Å². The molecule has 0 aliphatic carbocycles. The van der Waals surface area contributed by atoms with Crippen LogP contribution in [0.2, 0.25) is 0 Å². The Bertz CT molecular complexity index is 1220. The molecule has 30 heavy (non-hydrogen) atoms. The Morgan fingerprint density at radius 3 is 2.50 bits per heavy atom. The summed E-state index contributed by atoms with van der Waals surface area (Å²) in [4.78, 5) is 24.6. The van der Waals surface area contributed by atoms with E-state index in [4.69, 9.17) is 4.98 Å². The standard InChI is InChI=1S/C24H24N4O2/c1-16-14-22(26-21-9-5-2-6-17(16)21)27-10-12-28(13-11-27)23(24(29)30)19-15-25-20-8-4-3-7-18(19)20/h2-9,14-15,23,25H,10-13H2,1H3,(H,29,30). The fourth-order valence-corrected chi connectivity index (χ4v) is 4.51. The molecule has 0 bridgehead atoms. The average molecular weight is 400 g/mol. The van der Waals surface area contributed by atoms with Gasteiger partial charge in [-0.1, -0.05) is 36.4 Å². The fourth-order valence-electron chi connectivity index (χ4n) is 4.51. The van der Waals surface area contributed by atoms with Crippen molar-refractivity contribution >= 4 is 33.6 Å². The Kier molecular flexibility index (Phi) is 4.64. The predicted molar refractivity (Wildman–Crippen MR) is 119 cm³/mol. The number of carboxylic acids is 1. The van der Waals surface area contributed by atoms with Crippen molar-refractivity contribution in [1.82, 2.24) is 14.9 Å². The molecule has 4 aromatic rings. The summed E-state index contributed by atoms with van der Waals surface area (Å²) >= 11 is 0. The van der Waals surface area contributed by atoms with E-state index in [2.05, 4.69) is 33.8 Å². The Morgan fingerprint density at radius 2 is 1.73 bits per heavy atom. The number of hydrogen-bond acceptors (Lipinski definition) is 4. The maximum absolute atomic E-state index is 12.2. The number of carboxylic acid groups (broad SMARTS) is 1. The summed E-state index contributed by atoms with van der Waals surface area (Å²) in [6.07, 6.45) is 1.84. The highest BCUT2D eigenvalue weighted by atomic mass is 16.4. The number of carbonyl (C=O) groups is 1. The molecular formula is C24H24N4O2. The van der Waals surface area contributed by atoms with Crippen LogP contribution in [0.5, 0.6) is 0 Å². The Balaban J connectivity index is 1.39. The SMILES string of the molecule is Cc1cc(N2CCN(C(C(=O)O)c3c[nH]c4ccccc34)CC2)nc2ccccc12. The molecule has 6 heteroatoms. The first kappa shape index (κ1) is 18.6. The zero-order valence-corrected chi connectivity index (χ0v) is 16.9. The number of anilines is 1. The molecule has 3 heterocycles. The second kappa shape index (κ2) is 7.46. The number of fused-ring (bicyclic) bond motifs is 2. The van der Waals surface area contributed by atoms with Crippen molar-refractivity contribution in [3.63, 3.8) is 0 Å². The summed E-state index contributed by atoms with van der Waals surface area (Å²) in [5.74, 6) is 0.151. The van der Waals surface area contributed by atoms with Crippen LogP contribution in [0.4, 0.5) is 5.82 Å². The Morgan fingerprint density at radius 1 is 1.03 bits per heavy atom. The number of nitrogens with one attached hydrogen (secondary N) is 1. The highest BCUT2D eigenvalue weighted by Crippen LogP contribution is 2.30. The molecule has 1 aliphatic heterocycles. The number of rotatable bonds is 4. The third-order valence-electron chi connectivity index (χ3n) is 6.06. The number of piperazine rings is 1. The van der Waals surface area contributed by atoms with Gasteiger partial charge in [0.1, 0.15) is 11.9 Å². The van der Waals surface area contributed by atoms with Gasteiger partial charge in [-0.05, 0) is 30.7 Å². The Hall–Kier alpha value is -3.38. The molecule has 0 amide bonds. The molecule has 1 unspecified atom stereocenters. The predicted octanol–water partition coefficient (Wildman–Crippen LogP) is 3.97. The first-order valence-electron chi connectivity index (χ1n) is 10.3. The number of nitrogens with zero attached hydrogens (tertiary/aromatic N) is 3. The van der Waals surface area contributed by atoms with Gasteiger partial charge in [0.15, 0.2) is 0 Å². The molecular weight excluding hydrogens is 376 g/mol. The molecule has 1 fully saturated rings. The highest BCUT2D eigenvalue weighted by Gasteiger charge is 2.32. The number of H-pyrrole nitrogens is 1. The number of benzene rings is 2. The molecule has 5 rings (SSSR count). The van der Waals surface area contributed by atoms with Gasteiger partial charge in [0.25, 0.3) is 0 Å². The third kappa shape index (κ3) is 3.19. The maximum Gasteiger partial charge on any atom is 0.325 e. The number of aromatic amines is 1. The first-order valence-corrected chi connectivity index (χ1v) is 10.3. The summed E-state index contributed by atoms with van der Waals surface area (Å²) in [5, 5.41) is 12.2. The van der Waals surface area contributed by atoms with Gasteiger partial charge in [0.2, 0.25) is 0 Å². The lowest BCUT2D eigenvalue weighted by atomic mass is 10.0. The van der Waals surface area contributed by atoms with Crippen molar-refractivity contribution in [2.45, 2.75) is 13.0 Å². The van der Waals surface area contributed by atoms with Crippen LogP contribution in [0.15, 0.2) is 60.8 Å². The number of pyridine rings is 1. The molecule has 0 saturated carbocycles. The first-order chi connectivity index (χ1) is 14.6. The van der Waals surface area contributed by atoms with Crippen LogP contribution in [0, 0.1) is 6.92 Å². The summed E-state index contributed by atoms with van der Waals surface area (Å²) < 4.78 is 0. The molecule has 0 spiro atoms. The van der Waals surface area contributed by atoms with Gasteiger partial charge in [0, 0.05) is 54.2 Å². The summed E-state index contributed by atoms with van der Waals surface area (Å²) in [5.41, 5.74) is 4.00. The van der Waals surface area contributed by atoms with E-state index in [1.807, 2.05) is 48.7 Å². The summed E-state index contributed by atoms with van der Waals surface area (Å²) in [7, 11) is 0. The van der Waals surface area contributed by atoms with E-state index in [0.717, 1.165) is 40.9 Å². The number of hydrogen-bond donors (Lipinski definition) is 2. The van der Waals surface area contributed by atoms with Gasteiger partial charge in [-0.25, -0.2) is 4.98 Å². The molecule has 2 aromatic carbocycles. The molecule has 2 aromatic heterocycles. The van der Waals surface area contributed by atoms with Crippen LogP contribution in [0.1, 0.15) is 17.2 Å². The van der Waals surface area contributed by atoms with Gasteiger partial charge in [0.05, 0.1) is 5.52 Å². The van der Waals surface area contributed by atoms with Crippen molar-refractivity contribution in [3.8, 4) is 0 Å². The van der Waals surface area contributed by atoms with E-state index in [-0.39, 0.29) is 0 Å². The van der Waals surface area contributed by atoms with Gasteiger partial charge in [-0.3, -0.25) is 9.69 Å². The lowest BCUT2D eigenvalue weighted by Crippen LogP contribution is -2.49. The second-order valence-corrected chi connectivity index (χ2v) is 7.87. The highest BCUT2D eigenvalue weighted by molar-refractivity contribution is 5.89. The normalized spacial score (nSPS) is 16.2. The monoisotopic (exact) mass is 400 g/mol. The van der Waals surface area contributed by atoms with E-state index in [9.17, 15) is 9.90 Å². The smallest absolute Gasteiger partial charge is 0.325 e. The number of aryl methyl sites for hydroxylation is 1. The third-order valence-corrected chi connectivity index (χ3v) is 6.06. The zero-order chi connectivity index (χ0) is 20.7. The van der Waals surface area contributed by atoms with Crippen LogP contribution < -0.4 is 4.90 Å². The molecule has 1 aliphatic rings. The van der Waals surface area contributed by atoms with Crippen molar-refractivity contribution in [3.05, 3.63) is 71.9 Å². The van der Waals surface area contributed by atoms with E-state index in [0.29, 0.717) is 13.1 Å². The fraction of sp³-hybridized carbons (Fsp3) is 0.250. The Labute approximate surface area is 174 Å². The molecule has 2 N–H and O–H groups in total.